The highest BCUT2D eigenvalue weighted by Gasteiger charge is 2.21. The third kappa shape index (κ3) is 5.06. The van der Waals surface area contributed by atoms with Crippen molar-refractivity contribution in [1.82, 2.24) is 0 Å². The van der Waals surface area contributed by atoms with E-state index in [0.29, 0.717) is 28.4 Å². The highest BCUT2D eigenvalue weighted by Crippen LogP contribution is 2.37. The summed E-state index contributed by atoms with van der Waals surface area (Å²) in [4.78, 5) is 0. The lowest BCUT2D eigenvalue weighted by molar-refractivity contribution is 0.215. The van der Waals surface area contributed by atoms with E-state index in [0.717, 1.165) is 34.7 Å². The second kappa shape index (κ2) is 10.4. The van der Waals surface area contributed by atoms with E-state index in [4.69, 9.17) is 25.8 Å². The number of hydrogen-bond donors (Lipinski definition) is 2. The van der Waals surface area contributed by atoms with E-state index in [-0.39, 0.29) is 0 Å². The molecule has 0 aromatic heterocycles. The van der Waals surface area contributed by atoms with Crippen molar-refractivity contribution < 1.29 is 19.3 Å². The summed E-state index contributed by atoms with van der Waals surface area (Å²) in [6.07, 6.45) is -0.0952. The molecule has 0 saturated heterocycles. The summed E-state index contributed by atoms with van der Waals surface area (Å²) in [6.45, 7) is 2.56. The zero-order chi connectivity index (χ0) is 22.4. The maximum Gasteiger partial charge on any atom is 0.128 e. The van der Waals surface area contributed by atoms with Crippen LogP contribution in [0.3, 0.4) is 0 Å². The number of para-hydroxylation sites is 1. The van der Waals surface area contributed by atoms with Crippen molar-refractivity contribution in [2.24, 2.45) is 0 Å². The van der Waals surface area contributed by atoms with Crippen LogP contribution in [0.4, 0.5) is 5.69 Å². The lowest BCUT2D eigenvalue weighted by atomic mass is 9.96. The van der Waals surface area contributed by atoms with E-state index >= 15 is 0 Å². The van der Waals surface area contributed by atoms with Crippen molar-refractivity contribution in [2.45, 2.75) is 26.0 Å². The first-order valence-corrected chi connectivity index (χ1v) is 10.5. The number of aliphatic hydroxyl groups is 1. The number of rotatable bonds is 9. The van der Waals surface area contributed by atoms with Crippen LogP contribution in [0.5, 0.6) is 17.2 Å². The Bertz CT molecular complexity index is 1040. The third-order valence-electron chi connectivity index (χ3n) is 5.28. The van der Waals surface area contributed by atoms with Crippen LogP contribution < -0.4 is 19.5 Å². The molecule has 0 radical (unpaired) electrons. The Labute approximate surface area is 188 Å². The van der Waals surface area contributed by atoms with Crippen LogP contribution in [-0.4, -0.2) is 26.4 Å². The number of ether oxygens (including phenoxy) is 3. The van der Waals surface area contributed by atoms with Gasteiger partial charge in [-0.1, -0.05) is 36.7 Å². The highest BCUT2D eigenvalue weighted by atomic mass is 35.5. The number of halogens is 1. The van der Waals surface area contributed by atoms with Crippen molar-refractivity contribution in [3.63, 3.8) is 0 Å². The first-order chi connectivity index (χ1) is 15.0. The van der Waals surface area contributed by atoms with Crippen LogP contribution >= 0.6 is 11.6 Å². The second-order valence-corrected chi connectivity index (χ2v) is 7.50. The Morgan fingerprint density at radius 1 is 0.903 bits per heavy atom. The molecule has 0 heterocycles. The van der Waals surface area contributed by atoms with Gasteiger partial charge in [-0.2, -0.15) is 0 Å². The molecule has 6 heteroatoms. The van der Waals surface area contributed by atoms with Crippen LogP contribution in [0.25, 0.3) is 0 Å². The minimum atomic E-state index is -0.902. The summed E-state index contributed by atoms with van der Waals surface area (Å²) in [5, 5.41) is 15.2. The van der Waals surface area contributed by atoms with E-state index in [1.54, 1.807) is 33.5 Å². The van der Waals surface area contributed by atoms with E-state index in [1.807, 2.05) is 42.5 Å². The fraction of sp³-hybridized carbons (Fsp3) is 0.280. The van der Waals surface area contributed by atoms with Crippen LogP contribution in [0, 0.1) is 0 Å². The average Bonchev–Trinajstić information content (AvgIpc) is 2.81. The number of aryl methyl sites for hydroxylation is 1. The van der Waals surface area contributed by atoms with Gasteiger partial charge in [0.1, 0.15) is 23.4 Å². The number of hydrogen-bond acceptors (Lipinski definition) is 5. The molecular weight excluding hydrogens is 414 g/mol. The molecule has 0 amide bonds. The molecule has 1 atom stereocenters. The molecule has 164 valence electrons. The smallest absolute Gasteiger partial charge is 0.128 e. The molecular formula is C25H28ClNO4. The van der Waals surface area contributed by atoms with Gasteiger partial charge in [0.25, 0.3) is 0 Å². The summed E-state index contributed by atoms with van der Waals surface area (Å²) in [5.41, 5.74) is 4.15. The van der Waals surface area contributed by atoms with Crippen molar-refractivity contribution in [2.75, 3.05) is 26.6 Å². The van der Waals surface area contributed by atoms with E-state index in [1.165, 1.54) is 0 Å². The van der Waals surface area contributed by atoms with Gasteiger partial charge in [0.2, 0.25) is 0 Å². The minimum absolute atomic E-state index is 0.501. The molecule has 0 bridgehead atoms. The number of nitrogens with one attached hydrogen (secondary N) is 1. The SMILES string of the molecule is CCc1cccc(C(O)c2cc(Cl)ccc2NCc2ccc(OC)cc2OC)c1OC. The summed E-state index contributed by atoms with van der Waals surface area (Å²) in [5.74, 6) is 2.14. The van der Waals surface area contributed by atoms with Gasteiger partial charge in [0.15, 0.2) is 0 Å². The lowest BCUT2D eigenvalue weighted by Gasteiger charge is -2.21. The Morgan fingerprint density at radius 2 is 1.71 bits per heavy atom. The number of benzene rings is 3. The van der Waals surface area contributed by atoms with Gasteiger partial charge < -0.3 is 24.6 Å². The number of aliphatic hydroxyl groups excluding tert-OH is 1. The summed E-state index contributed by atoms with van der Waals surface area (Å²) >= 11 is 6.27. The predicted octanol–water partition coefficient (Wildman–Crippen LogP) is 5.62. The third-order valence-corrected chi connectivity index (χ3v) is 5.51. The van der Waals surface area contributed by atoms with Crippen molar-refractivity contribution in [3.8, 4) is 17.2 Å². The Hall–Kier alpha value is -2.89. The molecule has 3 aromatic carbocycles. The molecule has 0 fully saturated rings. The molecule has 0 aliphatic carbocycles. The van der Waals surface area contributed by atoms with E-state index in [2.05, 4.69) is 12.2 Å². The maximum absolute atomic E-state index is 11.3. The first kappa shape index (κ1) is 22.8. The van der Waals surface area contributed by atoms with Gasteiger partial charge in [0, 0.05) is 40.0 Å². The van der Waals surface area contributed by atoms with Crippen LogP contribution in [-0.2, 0) is 13.0 Å². The van der Waals surface area contributed by atoms with E-state index in [9.17, 15) is 5.11 Å². The Kier molecular flexibility index (Phi) is 7.66. The van der Waals surface area contributed by atoms with Gasteiger partial charge in [0.05, 0.1) is 21.3 Å². The maximum atomic E-state index is 11.3. The van der Waals surface area contributed by atoms with Crippen molar-refractivity contribution in [3.05, 3.63) is 81.9 Å². The molecule has 2 N–H and O–H groups in total. The number of methoxy groups -OCH3 is 3. The van der Waals surface area contributed by atoms with Crippen molar-refractivity contribution in [1.29, 1.82) is 0 Å². The van der Waals surface area contributed by atoms with Gasteiger partial charge >= 0.3 is 0 Å². The van der Waals surface area contributed by atoms with Gasteiger partial charge in [-0.3, -0.25) is 0 Å². The van der Waals surface area contributed by atoms with Crippen LogP contribution in [0.15, 0.2) is 54.6 Å². The molecule has 5 nitrogen and oxygen atoms in total. The van der Waals surface area contributed by atoms with Crippen LogP contribution in [0.2, 0.25) is 5.02 Å². The van der Waals surface area contributed by atoms with Crippen LogP contribution in [0.1, 0.15) is 35.3 Å². The molecule has 0 spiro atoms. The highest BCUT2D eigenvalue weighted by molar-refractivity contribution is 6.30. The van der Waals surface area contributed by atoms with Gasteiger partial charge in [-0.15, -0.1) is 0 Å². The minimum Gasteiger partial charge on any atom is -0.497 e. The standard InChI is InChI=1S/C25H28ClNO4/c1-5-16-7-6-8-20(25(16)31-4)24(28)21-13-18(26)10-12-22(21)27-15-17-9-11-19(29-2)14-23(17)30-3/h6-14,24,27-28H,5,15H2,1-4H3. The van der Waals surface area contributed by atoms with Gasteiger partial charge in [-0.05, 0) is 42.3 Å². The fourth-order valence-corrected chi connectivity index (χ4v) is 3.80. The molecule has 0 aliphatic rings. The average molecular weight is 442 g/mol. The topological polar surface area (TPSA) is 60.0 Å². The van der Waals surface area contributed by atoms with Crippen molar-refractivity contribution >= 4 is 17.3 Å². The molecule has 0 aliphatic heterocycles. The summed E-state index contributed by atoms with van der Waals surface area (Å²) in [6, 6.07) is 16.9. The molecule has 0 saturated carbocycles. The monoisotopic (exact) mass is 441 g/mol. The fourth-order valence-electron chi connectivity index (χ4n) is 3.62. The lowest BCUT2D eigenvalue weighted by Crippen LogP contribution is -2.09. The Balaban J connectivity index is 1.93. The second-order valence-electron chi connectivity index (χ2n) is 7.06. The zero-order valence-corrected chi connectivity index (χ0v) is 19.0. The first-order valence-electron chi connectivity index (χ1n) is 10.1. The quantitative estimate of drug-likeness (QED) is 0.451. The number of anilines is 1. The normalized spacial score (nSPS) is 11.7. The molecule has 1 unspecified atom stereocenters. The largest absolute Gasteiger partial charge is 0.497 e. The summed E-state index contributed by atoms with van der Waals surface area (Å²) in [7, 11) is 4.87. The Morgan fingerprint density at radius 3 is 2.39 bits per heavy atom. The summed E-state index contributed by atoms with van der Waals surface area (Å²) < 4.78 is 16.4. The van der Waals surface area contributed by atoms with Gasteiger partial charge in [-0.25, -0.2) is 0 Å². The predicted molar refractivity (Wildman–Crippen MR) is 125 cm³/mol. The molecule has 31 heavy (non-hydrogen) atoms. The molecule has 3 aromatic rings. The van der Waals surface area contributed by atoms with E-state index < -0.39 is 6.10 Å². The zero-order valence-electron chi connectivity index (χ0n) is 18.2. The molecule has 3 rings (SSSR count).